The van der Waals surface area contributed by atoms with Crippen LogP contribution in [0.2, 0.25) is 0 Å². The van der Waals surface area contributed by atoms with Crippen molar-refractivity contribution in [2.45, 2.75) is 102 Å². The molecule has 0 aliphatic carbocycles. The molecule has 1 unspecified atom stereocenters. The van der Waals surface area contributed by atoms with E-state index in [1.807, 2.05) is 66.5 Å². The molecule has 43 heavy (non-hydrogen) atoms. The topological polar surface area (TPSA) is 96.4 Å². The molecule has 8 heteroatoms. The highest BCUT2D eigenvalue weighted by molar-refractivity contribution is 5.99. The van der Waals surface area contributed by atoms with Gasteiger partial charge in [-0.3, -0.25) is 14.4 Å². The van der Waals surface area contributed by atoms with Crippen LogP contribution in [-0.2, 0) is 23.9 Å². The van der Waals surface area contributed by atoms with Crippen LogP contribution in [0.5, 0.6) is 0 Å². The normalized spacial score (nSPS) is 32.9. The second-order valence-electron chi connectivity index (χ2n) is 14.4. The second kappa shape index (κ2) is 11.5. The molecule has 0 bridgehead atoms. The zero-order valence-corrected chi connectivity index (χ0v) is 26.5. The lowest BCUT2D eigenvalue weighted by molar-refractivity contribution is -0.165. The third-order valence-electron chi connectivity index (χ3n) is 9.71. The molecule has 1 N–H and O–H groups in total. The van der Waals surface area contributed by atoms with E-state index in [2.05, 4.69) is 34.6 Å². The molecule has 4 heterocycles. The molecule has 2 fully saturated rings. The number of carbonyl (C=O) groups excluding carboxylic acids is 3. The Hall–Kier alpha value is -2.97. The second-order valence-corrected chi connectivity index (χ2v) is 14.4. The Balaban J connectivity index is 1.71. The minimum absolute atomic E-state index is 0.0595. The van der Waals surface area contributed by atoms with Gasteiger partial charge in [0.05, 0.1) is 25.2 Å². The van der Waals surface area contributed by atoms with Crippen molar-refractivity contribution in [2.75, 3.05) is 19.8 Å². The van der Waals surface area contributed by atoms with Gasteiger partial charge >= 0.3 is 5.97 Å². The summed E-state index contributed by atoms with van der Waals surface area (Å²) in [7, 11) is 0. The van der Waals surface area contributed by atoms with Crippen molar-refractivity contribution in [3.63, 3.8) is 0 Å². The largest absolute Gasteiger partial charge is 0.465 e. The number of aliphatic hydroxyl groups is 1. The number of benzene rings is 1. The van der Waals surface area contributed by atoms with Gasteiger partial charge in [-0.15, -0.1) is 0 Å². The first kappa shape index (κ1) is 31.5. The fourth-order valence-corrected chi connectivity index (χ4v) is 8.28. The lowest BCUT2D eigenvalue weighted by atomic mass is 9.73. The van der Waals surface area contributed by atoms with E-state index >= 15 is 4.79 Å². The third kappa shape index (κ3) is 5.35. The fourth-order valence-electron chi connectivity index (χ4n) is 8.28. The predicted molar refractivity (Wildman–Crippen MR) is 164 cm³/mol. The number of cyclic esters (lactones) is 1. The molecule has 4 aliphatic heterocycles. The van der Waals surface area contributed by atoms with Crippen LogP contribution in [0.15, 0.2) is 54.6 Å². The number of hydrogen-bond donors (Lipinski definition) is 1. The smallest absolute Gasteiger partial charge is 0.313 e. The molecule has 6 atom stereocenters. The fraction of sp³-hybridized carbons (Fsp3) is 0.629. The van der Waals surface area contributed by atoms with Gasteiger partial charge in [0.15, 0.2) is 0 Å². The summed E-state index contributed by atoms with van der Waals surface area (Å²) in [6.45, 7) is 12.8. The highest BCUT2D eigenvalue weighted by Crippen LogP contribution is 2.59. The van der Waals surface area contributed by atoms with Crippen molar-refractivity contribution < 1.29 is 29.0 Å². The molecule has 0 radical (unpaired) electrons. The Morgan fingerprint density at radius 1 is 0.977 bits per heavy atom. The van der Waals surface area contributed by atoms with Crippen LogP contribution in [0.25, 0.3) is 0 Å². The van der Waals surface area contributed by atoms with Crippen LogP contribution in [-0.4, -0.2) is 75.2 Å². The predicted octanol–water partition coefficient (Wildman–Crippen LogP) is 4.98. The molecule has 0 aromatic heterocycles. The highest BCUT2D eigenvalue weighted by atomic mass is 16.6. The van der Waals surface area contributed by atoms with E-state index in [9.17, 15) is 14.7 Å². The Morgan fingerprint density at radius 2 is 1.70 bits per heavy atom. The summed E-state index contributed by atoms with van der Waals surface area (Å²) in [4.78, 5) is 47.2. The quantitative estimate of drug-likeness (QED) is 0.370. The van der Waals surface area contributed by atoms with Crippen LogP contribution in [0.1, 0.15) is 85.3 Å². The number of carbonyl (C=O) groups is 3. The number of allylic oxidation sites excluding steroid dienone is 1. The molecule has 1 spiro atoms. The Bertz CT molecular complexity index is 1280. The van der Waals surface area contributed by atoms with Gasteiger partial charge in [-0.2, -0.15) is 0 Å². The Kier molecular flexibility index (Phi) is 8.42. The van der Waals surface area contributed by atoms with Gasteiger partial charge in [-0.25, -0.2) is 0 Å². The number of amides is 2. The average molecular weight is 593 g/mol. The number of fused-ring (bicyclic) bond motifs is 2. The Morgan fingerprint density at radius 3 is 2.35 bits per heavy atom. The Labute approximate surface area is 256 Å². The summed E-state index contributed by atoms with van der Waals surface area (Å²) < 4.78 is 12.9. The maximum atomic E-state index is 15.0. The lowest BCUT2D eigenvalue weighted by Crippen LogP contribution is -2.60. The van der Waals surface area contributed by atoms with E-state index in [0.717, 1.165) is 25.7 Å². The van der Waals surface area contributed by atoms with Gasteiger partial charge in [-0.05, 0) is 56.9 Å². The summed E-state index contributed by atoms with van der Waals surface area (Å²) in [6, 6.07) is 7.40. The zero-order chi connectivity index (χ0) is 31.2. The molecule has 1 aromatic rings. The summed E-state index contributed by atoms with van der Waals surface area (Å²) in [5.74, 6) is -3.01. The molecule has 0 saturated carbocycles. The van der Waals surface area contributed by atoms with E-state index in [0.29, 0.717) is 18.5 Å². The number of esters is 1. The summed E-state index contributed by atoms with van der Waals surface area (Å²) >= 11 is 0. The molecule has 4 aliphatic rings. The minimum Gasteiger partial charge on any atom is -0.465 e. The number of aliphatic hydroxyl groups excluding tert-OH is 1. The molecular weight excluding hydrogens is 544 g/mol. The average Bonchev–Trinajstić information content (AvgIpc) is 3.29. The van der Waals surface area contributed by atoms with E-state index in [-0.39, 0.29) is 30.4 Å². The van der Waals surface area contributed by atoms with Gasteiger partial charge in [0.2, 0.25) is 11.8 Å². The van der Waals surface area contributed by atoms with Crippen LogP contribution in [0, 0.1) is 17.3 Å². The van der Waals surface area contributed by atoms with Gasteiger partial charge in [0.1, 0.15) is 23.2 Å². The van der Waals surface area contributed by atoms with Gasteiger partial charge < -0.3 is 24.4 Å². The van der Waals surface area contributed by atoms with Crippen LogP contribution in [0.4, 0.5) is 0 Å². The number of nitrogens with zero attached hydrogens (tertiary/aromatic N) is 2. The van der Waals surface area contributed by atoms with E-state index in [1.54, 1.807) is 0 Å². The maximum Gasteiger partial charge on any atom is 0.313 e. The number of likely N-dealkylation sites (tertiary alicyclic amines) is 1. The zero-order valence-electron chi connectivity index (χ0n) is 26.5. The molecule has 2 amide bonds. The monoisotopic (exact) mass is 592 g/mol. The van der Waals surface area contributed by atoms with Crippen molar-refractivity contribution in [3.8, 4) is 0 Å². The third-order valence-corrected chi connectivity index (χ3v) is 9.71. The SMILES string of the molecule is CC[C@]12/C=C\CCCCOC(=O)[C@H]1[C@H]1C(=O)N([C@H](CO)c3ccccc3)C3C(=O)N(C(C)(C)CC(C)(C)C)CC=C[C@@]31O2. The van der Waals surface area contributed by atoms with Gasteiger partial charge in [0, 0.05) is 12.1 Å². The summed E-state index contributed by atoms with van der Waals surface area (Å²) in [5, 5.41) is 10.8. The van der Waals surface area contributed by atoms with Crippen molar-refractivity contribution in [1.82, 2.24) is 9.80 Å². The molecule has 234 valence electrons. The first-order chi connectivity index (χ1) is 20.3. The van der Waals surface area contributed by atoms with Crippen molar-refractivity contribution in [3.05, 3.63) is 60.2 Å². The van der Waals surface area contributed by atoms with E-state index < -0.39 is 46.6 Å². The summed E-state index contributed by atoms with van der Waals surface area (Å²) in [6.07, 6.45) is 11.4. The minimum atomic E-state index is -1.42. The maximum absolute atomic E-state index is 15.0. The van der Waals surface area contributed by atoms with Crippen LogP contribution < -0.4 is 0 Å². The van der Waals surface area contributed by atoms with E-state index in [4.69, 9.17) is 9.47 Å². The van der Waals surface area contributed by atoms with Crippen molar-refractivity contribution in [1.29, 1.82) is 0 Å². The number of rotatable bonds is 6. The van der Waals surface area contributed by atoms with Crippen LogP contribution in [0.3, 0.4) is 0 Å². The van der Waals surface area contributed by atoms with Crippen molar-refractivity contribution in [2.24, 2.45) is 17.3 Å². The highest BCUT2D eigenvalue weighted by Gasteiger charge is 2.76. The first-order valence-electron chi connectivity index (χ1n) is 15.8. The van der Waals surface area contributed by atoms with E-state index in [1.165, 1.54) is 4.90 Å². The standard InChI is InChI=1S/C35H48N2O6/c1-7-34-18-13-8-9-14-21-42-31(41)27(34)26-29(39)37(25(22-38)24-16-11-10-12-17-24)28-30(40)36(20-15-19-35(26,28)43-34)33(5,6)23-32(2,3)4/h10-13,15-19,25-28,38H,7-9,14,20-23H2,1-6H3/b18-13-/t25-,26+,27-,28?,34+,35+/m1/s1. The number of hydrogen-bond acceptors (Lipinski definition) is 6. The molecule has 1 aromatic carbocycles. The van der Waals surface area contributed by atoms with Crippen LogP contribution >= 0.6 is 0 Å². The molecular formula is C35H48N2O6. The number of ether oxygens (including phenoxy) is 2. The molecule has 5 rings (SSSR count). The lowest BCUT2D eigenvalue weighted by Gasteiger charge is -2.46. The summed E-state index contributed by atoms with van der Waals surface area (Å²) in [5.41, 5.74) is -2.42. The van der Waals surface area contributed by atoms with Crippen molar-refractivity contribution >= 4 is 17.8 Å². The molecule has 2 saturated heterocycles. The van der Waals surface area contributed by atoms with Gasteiger partial charge in [0.25, 0.3) is 0 Å². The first-order valence-corrected chi connectivity index (χ1v) is 15.8. The molecule has 8 nitrogen and oxygen atoms in total. The van der Waals surface area contributed by atoms with Gasteiger partial charge in [-0.1, -0.05) is 82.3 Å².